The van der Waals surface area contributed by atoms with Gasteiger partial charge in [-0.15, -0.1) is 0 Å². The van der Waals surface area contributed by atoms with Gasteiger partial charge in [-0.25, -0.2) is 4.39 Å². The number of hydrogen-bond donors (Lipinski definition) is 3. The van der Waals surface area contributed by atoms with E-state index in [1.807, 2.05) is 6.92 Å². The third kappa shape index (κ3) is 4.88. The number of nitrogen functional groups attached to an aromatic ring is 1. The summed E-state index contributed by atoms with van der Waals surface area (Å²) in [4.78, 5) is 24.1. The van der Waals surface area contributed by atoms with Crippen molar-refractivity contribution in [2.45, 2.75) is 45.7 Å². The van der Waals surface area contributed by atoms with Crippen LogP contribution >= 0.6 is 11.6 Å². The number of aryl methyl sites for hydroxylation is 1. The van der Waals surface area contributed by atoms with Crippen LogP contribution in [0, 0.1) is 12.7 Å². The number of benzene rings is 2. The van der Waals surface area contributed by atoms with Crippen molar-refractivity contribution in [3.63, 3.8) is 0 Å². The number of primary amides is 1. The zero-order valence-electron chi connectivity index (χ0n) is 16.2. The minimum Gasteiger partial charge on any atom is -0.399 e. The smallest absolute Gasteiger partial charge is 0.218 e. The Kier molecular flexibility index (Phi) is 7.16. The van der Waals surface area contributed by atoms with Crippen LogP contribution in [0.2, 0.25) is 5.02 Å². The second kappa shape index (κ2) is 9.17. The van der Waals surface area contributed by atoms with Gasteiger partial charge in [-0.2, -0.15) is 0 Å². The van der Waals surface area contributed by atoms with Gasteiger partial charge < -0.3 is 16.8 Å². The average molecular weight is 406 g/mol. The summed E-state index contributed by atoms with van der Waals surface area (Å²) in [6.45, 7) is 5.45. The van der Waals surface area contributed by atoms with Crippen LogP contribution in [-0.2, 0) is 4.79 Å². The van der Waals surface area contributed by atoms with Gasteiger partial charge in [-0.1, -0.05) is 24.6 Å². The molecule has 0 saturated heterocycles. The number of carbonyl (C=O) groups is 2. The highest BCUT2D eigenvalue weighted by atomic mass is 35.5. The Morgan fingerprint density at radius 3 is 2.50 bits per heavy atom. The molecule has 0 aliphatic rings. The Balaban J connectivity index is 2.43. The van der Waals surface area contributed by atoms with Crippen LogP contribution in [-0.4, -0.2) is 17.7 Å². The second-order valence-electron chi connectivity index (χ2n) is 6.93. The Hall–Kier alpha value is -2.44. The normalized spacial score (nSPS) is 13.2. The molecule has 28 heavy (non-hydrogen) atoms. The van der Waals surface area contributed by atoms with Crippen molar-refractivity contribution >= 4 is 29.0 Å². The van der Waals surface area contributed by atoms with E-state index in [0.717, 1.165) is 5.56 Å². The van der Waals surface area contributed by atoms with Gasteiger partial charge >= 0.3 is 0 Å². The number of halogens is 2. The Morgan fingerprint density at radius 1 is 1.25 bits per heavy atom. The lowest BCUT2D eigenvalue weighted by atomic mass is 9.95. The number of anilines is 1. The maximum Gasteiger partial charge on any atom is 0.218 e. The summed E-state index contributed by atoms with van der Waals surface area (Å²) >= 11 is 6.17. The SMILES string of the molecule is CCC(NC(C)CC(N)=O)c1ccc(Cl)c(C(=O)c2ccc(N)c(C)c2)c1F. The van der Waals surface area contributed by atoms with E-state index in [2.05, 4.69) is 5.32 Å². The quantitative estimate of drug-likeness (QED) is 0.458. The molecule has 5 nitrogen and oxygen atoms in total. The first-order valence-corrected chi connectivity index (χ1v) is 9.46. The third-order valence-electron chi connectivity index (χ3n) is 4.66. The highest BCUT2D eigenvalue weighted by molar-refractivity contribution is 6.35. The number of nitrogens with one attached hydrogen (secondary N) is 1. The summed E-state index contributed by atoms with van der Waals surface area (Å²) in [6, 6.07) is 7.21. The zero-order chi connectivity index (χ0) is 21.0. The maximum absolute atomic E-state index is 15.3. The highest BCUT2D eigenvalue weighted by Crippen LogP contribution is 2.30. The Morgan fingerprint density at radius 2 is 1.93 bits per heavy atom. The van der Waals surface area contributed by atoms with E-state index in [9.17, 15) is 9.59 Å². The van der Waals surface area contributed by atoms with Crippen LogP contribution in [0.25, 0.3) is 0 Å². The number of rotatable bonds is 8. The summed E-state index contributed by atoms with van der Waals surface area (Å²) in [5.41, 5.74) is 12.8. The minimum atomic E-state index is -0.669. The fourth-order valence-corrected chi connectivity index (χ4v) is 3.37. The largest absolute Gasteiger partial charge is 0.399 e. The molecule has 1 amide bonds. The predicted molar refractivity (Wildman–Crippen MR) is 110 cm³/mol. The van der Waals surface area contributed by atoms with E-state index < -0.39 is 23.5 Å². The lowest BCUT2D eigenvalue weighted by Gasteiger charge is -2.23. The van der Waals surface area contributed by atoms with Crippen molar-refractivity contribution in [1.82, 2.24) is 5.32 Å². The highest BCUT2D eigenvalue weighted by Gasteiger charge is 2.25. The van der Waals surface area contributed by atoms with Crippen LogP contribution < -0.4 is 16.8 Å². The fourth-order valence-electron chi connectivity index (χ4n) is 3.14. The molecule has 0 aromatic heterocycles. The van der Waals surface area contributed by atoms with Crippen LogP contribution in [0.15, 0.2) is 30.3 Å². The molecule has 2 atom stereocenters. The molecule has 2 aromatic carbocycles. The summed E-state index contributed by atoms with van der Waals surface area (Å²) in [5, 5.41) is 3.23. The topological polar surface area (TPSA) is 98.2 Å². The van der Waals surface area contributed by atoms with Crippen LogP contribution in [0.1, 0.15) is 59.8 Å². The molecule has 7 heteroatoms. The molecule has 0 spiro atoms. The van der Waals surface area contributed by atoms with Crippen LogP contribution in [0.4, 0.5) is 10.1 Å². The first kappa shape index (κ1) is 21.9. The lowest BCUT2D eigenvalue weighted by Crippen LogP contribution is -2.34. The number of hydrogen-bond acceptors (Lipinski definition) is 4. The molecule has 0 fully saturated rings. The number of amides is 1. The average Bonchev–Trinajstić information content (AvgIpc) is 2.61. The molecule has 2 aromatic rings. The monoisotopic (exact) mass is 405 g/mol. The van der Waals surface area contributed by atoms with Gasteiger partial charge in [0.25, 0.3) is 0 Å². The molecule has 2 unspecified atom stereocenters. The summed E-state index contributed by atoms with van der Waals surface area (Å²) in [7, 11) is 0. The van der Waals surface area contributed by atoms with E-state index >= 15 is 4.39 Å². The number of ketones is 1. The van der Waals surface area contributed by atoms with Gasteiger partial charge in [0.05, 0.1) is 10.6 Å². The second-order valence-corrected chi connectivity index (χ2v) is 7.33. The molecule has 0 radical (unpaired) electrons. The molecular weight excluding hydrogens is 381 g/mol. The minimum absolute atomic E-state index is 0.0424. The van der Waals surface area contributed by atoms with Crippen molar-refractivity contribution in [3.8, 4) is 0 Å². The van der Waals surface area contributed by atoms with E-state index in [-0.39, 0.29) is 23.0 Å². The van der Waals surface area contributed by atoms with E-state index in [0.29, 0.717) is 23.2 Å². The molecule has 150 valence electrons. The van der Waals surface area contributed by atoms with Gasteiger partial charge in [0.15, 0.2) is 5.78 Å². The summed E-state index contributed by atoms with van der Waals surface area (Å²) < 4.78 is 15.3. The van der Waals surface area contributed by atoms with Gasteiger partial charge in [0, 0.05) is 35.3 Å². The predicted octanol–water partition coefficient (Wildman–Crippen LogP) is 3.91. The standard InChI is InChI=1S/C21H25ClFN3O2/c1-4-17(26-12(3)10-18(25)27)14-6-7-15(22)19(20(14)23)21(28)13-5-8-16(24)11(2)9-13/h5-9,12,17,26H,4,10,24H2,1-3H3,(H2,25,27). The van der Waals surface area contributed by atoms with Crippen molar-refractivity contribution in [2.75, 3.05) is 5.73 Å². The van der Waals surface area contributed by atoms with Gasteiger partial charge in [-0.3, -0.25) is 9.59 Å². The van der Waals surface area contributed by atoms with E-state index in [4.69, 9.17) is 23.1 Å². The Bertz CT molecular complexity index is 901. The molecule has 0 saturated carbocycles. The van der Waals surface area contributed by atoms with Crippen molar-refractivity contribution in [1.29, 1.82) is 0 Å². The van der Waals surface area contributed by atoms with Gasteiger partial charge in [0.2, 0.25) is 5.91 Å². The first-order chi connectivity index (χ1) is 13.1. The fraction of sp³-hybridized carbons (Fsp3) is 0.333. The summed E-state index contributed by atoms with van der Waals surface area (Å²) in [5.74, 6) is -1.62. The molecule has 0 aliphatic carbocycles. The zero-order valence-corrected chi connectivity index (χ0v) is 16.9. The van der Waals surface area contributed by atoms with Crippen molar-refractivity contribution in [3.05, 3.63) is 63.4 Å². The third-order valence-corrected chi connectivity index (χ3v) is 4.97. The molecule has 0 heterocycles. The van der Waals surface area contributed by atoms with Gasteiger partial charge in [-0.05, 0) is 50.1 Å². The maximum atomic E-state index is 15.3. The molecular formula is C21H25ClFN3O2. The number of nitrogens with two attached hydrogens (primary N) is 2. The van der Waals surface area contributed by atoms with Crippen molar-refractivity contribution < 1.29 is 14.0 Å². The first-order valence-electron chi connectivity index (χ1n) is 9.08. The Labute approximate surface area is 169 Å². The van der Waals surface area contributed by atoms with Crippen molar-refractivity contribution in [2.24, 2.45) is 5.73 Å². The van der Waals surface area contributed by atoms with E-state index in [1.165, 1.54) is 6.07 Å². The van der Waals surface area contributed by atoms with Gasteiger partial charge in [0.1, 0.15) is 5.82 Å². The van der Waals surface area contributed by atoms with E-state index in [1.54, 1.807) is 38.1 Å². The molecule has 0 aliphatic heterocycles. The molecule has 0 bridgehead atoms. The van der Waals surface area contributed by atoms with Crippen LogP contribution in [0.5, 0.6) is 0 Å². The number of carbonyl (C=O) groups excluding carboxylic acids is 2. The summed E-state index contributed by atoms with van der Waals surface area (Å²) in [6.07, 6.45) is 0.679. The van der Waals surface area contributed by atoms with Crippen LogP contribution in [0.3, 0.4) is 0 Å². The molecule has 5 N–H and O–H groups in total. The molecule has 2 rings (SSSR count). The lowest BCUT2D eigenvalue weighted by molar-refractivity contribution is -0.118.